The lowest BCUT2D eigenvalue weighted by atomic mass is 10.2. The van der Waals surface area contributed by atoms with Gasteiger partial charge in [0.05, 0.1) is 6.61 Å². The van der Waals surface area contributed by atoms with Crippen LogP contribution >= 0.6 is 9.24 Å². The number of hydrogen-bond donors (Lipinski definition) is 0. The number of hydrogen-bond acceptors (Lipinski definition) is 1. The second-order valence-electron chi connectivity index (χ2n) is 3.76. The van der Waals surface area contributed by atoms with Gasteiger partial charge in [0.15, 0.2) is 0 Å². The van der Waals surface area contributed by atoms with E-state index in [-0.39, 0.29) is 0 Å². The van der Waals surface area contributed by atoms with Crippen molar-refractivity contribution >= 4 is 9.24 Å². The molecule has 15 heavy (non-hydrogen) atoms. The lowest BCUT2D eigenvalue weighted by molar-refractivity contribution is 0.305. The zero-order valence-corrected chi connectivity index (χ0v) is 10.7. The molecule has 1 aromatic rings. The number of unbranched alkanes of at least 4 members (excludes halogenated alkanes) is 3. The summed E-state index contributed by atoms with van der Waals surface area (Å²) in [5.74, 6) is 0.994. The lowest BCUT2D eigenvalue weighted by Gasteiger charge is -2.06. The summed E-state index contributed by atoms with van der Waals surface area (Å²) in [4.78, 5) is 0. The Hall–Kier alpha value is -0.550. The van der Waals surface area contributed by atoms with Crippen LogP contribution < -0.4 is 4.74 Å². The molecule has 0 amide bonds. The van der Waals surface area contributed by atoms with Crippen molar-refractivity contribution in [2.45, 2.75) is 38.8 Å². The van der Waals surface area contributed by atoms with Crippen LogP contribution in [0.2, 0.25) is 0 Å². The van der Waals surface area contributed by atoms with Crippen molar-refractivity contribution in [1.82, 2.24) is 0 Å². The van der Waals surface area contributed by atoms with Gasteiger partial charge in [-0.2, -0.15) is 0 Å². The van der Waals surface area contributed by atoms with Crippen LogP contribution in [0.5, 0.6) is 5.75 Å². The van der Waals surface area contributed by atoms with Crippen LogP contribution in [-0.2, 0) is 6.16 Å². The molecule has 0 saturated carbocycles. The Labute approximate surface area is 95.4 Å². The molecule has 0 aliphatic rings. The highest BCUT2D eigenvalue weighted by Crippen LogP contribution is 2.14. The van der Waals surface area contributed by atoms with Crippen molar-refractivity contribution in [3.63, 3.8) is 0 Å². The maximum Gasteiger partial charge on any atom is 0.119 e. The van der Waals surface area contributed by atoms with Gasteiger partial charge in [0, 0.05) is 0 Å². The SMILES string of the molecule is CCCCCCOc1ccc(CP)cc1. The van der Waals surface area contributed by atoms with Crippen LogP contribution in [0.25, 0.3) is 0 Å². The van der Waals surface area contributed by atoms with Crippen molar-refractivity contribution in [1.29, 1.82) is 0 Å². The van der Waals surface area contributed by atoms with Gasteiger partial charge in [0.25, 0.3) is 0 Å². The maximum absolute atomic E-state index is 5.65. The van der Waals surface area contributed by atoms with Gasteiger partial charge in [-0.05, 0) is 30.3 Å². The molecule has 0 spiro atoms. The maximum atomic E-state index is 5.65. The van der Waals surface area contributed by atoms with E-state index in [2.05, 4.69) is 40.4 Å². The average molecular weight is 224 g/mol. The number of ether oxygens (including phenoxy) is 1. The number of benzene rings is 1. The molecule has 0 heterocycles. The van der Waals surface area contributed by atoms with Gasteiger partial charge < -0.3 is 4.74 Å². The van der Waals surface area contributed by atoms with Crippen LogP contribution in [-0.4, -0.2) is 6.61 Å². The molecular formula is C13H21OP. The molecule has 1 atom stereocenters. The first kappa shape index (κ1) is 12.5. The predicted octanol–water partition coefficient (Wildman–Crippen LogP) is 4.02. The molecule has 0 aliphatic heterocycles. The molecule has 1 unspecified atom stereocenters. The third-order valence-corrected chi connectivity index (χ3v) is 2.90. The standard InChI is InChI=1S/C13H21OP/c1-2-3-4-5-10-14-13-8-6-12(11-15)7-9-13/h6-9H,2-5,10-11,15H2,1H3. The van der Waals surface area contributed by atoms with Gasteiger partial charge in [0.1, 0.15) is 5.75 Å². The zero-order chi connectivity index (χ0) is 10.9. The summed E-state index contributed by atoms with van der Waals surface area (Å²) >= 11 is 0. The van der Waals surface area contributed by atoms with Gasteiger partial charge >= 0.3 is 0 Å². The minimum Gasteiger partial charge on any atom is -0.494 e. The molecule has 0 fully saturated rings. The molecule has 1 nitrogen and oxygen atoms in total. The van der Waals surface area contributed by atoms with Crippen LogP contribution in [0.1, 0.15) is 38.2 Å². The van der Waals surface area contributed by atoms with Crippen molar-refractivity contribution in [2.24, 2.45) is 0 Å². The quantitative estimate of drug-likeness (QED) is 0.502. The fraction of sp³-hybridized carbons (Fsp3) is 0.538. The zero-order valence-electron chi connectivity index (χ0n) is 9.54. The normalized spacial score (nSPS) is 10.3. The monoisotopic (exact) mass is 224 g/mol. The van der Waals surface area contributed by atoms with E-state index >= 15 is 0 Å². The molecule has 1 aromatic carbocycles. The van der Waals surface area contributed by atoms with E-state index in [4.69, 9.17) is 4.74 Å². The molecule has 0 radical (unpaired) electrons. The molecule has 0 aliphatic carbocycles. The minimum absolute atomic E-state index is 0.847. The van der Waals surface area contributed by atoms with E-state index in [9.17, 15) is 0 Å². The largest absolute Gasteiger partial charge is 0.494 e. The molecular weight excluding hydrogens is 203 g/mol. The van der Waals surface area contributed by atoms with E-state index in [0.29, 0.717) is 0 Å². The average Bonchev–Trinajstić information content (AvgIpc) is 2.30. The van der Waals surface area contributed by atoms with E-state index in [0.717, 1.165) is 18.5 Å². The smallest absolute Gasteiger partial charge is 0.119 e. The predicted molar refractivity (Wildman–Crippen MR) is 69.5 cm³/mol. The van der Waals surface area contributed by atoms with E-state index in [1.54, 1.807) is 0 Å². The van der Waals surface area contributed by atoms with Crippen molar-refractivity contribution in [3.8, 4) is 5.75 Å². The Morgan fingerprint density at radius 3 is 2.40 bits per heavy atom. The van der Waals surface area contributed by atoms with Gasteiger partial charge in [0.2, 0.25) is 0 Å². The summed E-state index contributed by atoms with van der Waals surface area (Å²) in [5.41, 5.74) is 1.33. The summed E-state index contributed by atoms with van der Waals surface area (Å²) in [6.45, 7) is 3.07. The molecule has 84 valence electrons. The van der Waals surface area contributed by atoms with Gasteiger partial charge in [-0.1, -0.05) is 38.3 Å². The molecule has 2 heteroatoms. The summed E-state index contributed by atoms with van der Waals surface area (Å²) in [5, 5.41) is 0. The van der Waals surface area contributed by atoms with Gasteiger partial charge in [-0.15, -0.1) is 9.24 Å². The first-order valence-electron chi connectivity index (χ1n) is 5.78. The lowest BCUT2D eigenvalue weighted by Crippen LogP contribution is -1.97. The van der Waals surface area contributed by atoms with Crippen molar-refractivity contribution in [2.75, 3.05) is 6.61 Å². The van der Waals surface area contributed by atoms with Crippen LogP contribution in [0.4, 0.5) is 0 Å². The Morgan fingerprint density at radius 1 is 1.07 bits per heavy atom. The highest BCUT2D eigenvalue weighted by atomic mass is 31.0. The van der Waals surface area contributed by atoms with E-state index in [1.807, 2.05) is 0 Å². The summed E-state index contributed by atoms with van der Waals surface area (Å²) < 4.78 is 5.65. The Morgan fingerprint density at radius 2 is 1.80 bits per heavy atom. The van der Waals surface area contributed by atoms with Crippen molar-refractivity contribution in [3.05, 3.63) is 29.8 Å². The summed E-state index contributed by atoms with van der Waals surface area (Å²) in [6, 6.07) is 8.35. The topological polar surface area (TPSA) is 9.23 Å². The van der Waals surface area contributed by atoms with Gasteiger partial charge in [-0.3, -0.25) is 0 Å². The molecule has 0 N–H and O–H groups in total. The molecule has 1 rings (SSSR count). The van der Waals surface area contributed by atoms with Crippen LogP contribution in [0.15, 0.2) is 24.3 Å². The van der Waals surface area contributed by atoms with Gasteiger partial charge in [-0.25, -0.2) is 0 Å². The highest BCUT2D eigenvalue weighted by Gasteiger charge is 1.94. The Balaban J connectivity index is 2.20. The second-order valence-corrected chi connectivity index (χ2v) is 4.17. The third kappa shape index (κ3) is 5.18. The minimum atomic E-state index is 0.847. The molecule has 0 aromatic heterocycles. The third-order valence-electron chi connectivity index (χ3n) is 2.43. The first-order chi connectivity index (χ1) is 7.36. The van der Waals surface area contributed by atoms with Crippen LogP contribution in [0, 0.1) is 0 Å². The van der Waals surface area contributed by atoms with Crippen molar-refractivity contribution < 1.29 is 4.74 Å². The molecule has 0 saturated heterocycles. The molecule has 0 bridgehead atoms. The fourth-order valence-electron chi connectivity index (χ4n) is 1.44. The first-order valence-corrected chi connectivity index (χ1v) is 6.60. The van der Waals surface area contributed by atoms with E-state index < -0.39 is 0 Å². The van der Waals surface area contributed by atoms with E-state index in [1.165, 1.54) is 31.2 Å². The Kier molecular flexibility index (Phi) is 6.43. The summed E-state index contributed by atoms with van der Waals surface area (Å²) in [7, 11) is 2.73. The number of rotatable bonds is 7. The van der Waals surface area contributed by atoms with Crippen LogP contribution in [0.3, 0.4) is 0 Å². The second kappa shape index (κ2) is 7.70. The fourth-order valence-corrected chi connectivity index (χ4v) is 1.71. The highest BCUT2D eigenvalue weighted by molar-refractivity contribution is 7.15. The Bertz CT molecular complexity index is 256. The summed E-state index contributed by atoms with van der Waals surface area (Å²) in [6.07, 6.45) is 6.05.